The second-order valence-corrected chi connectivity index (χ2v) is 9.67. The van der Waals surface area contributed by atoms with E-state index in [9.17, 15) is 4.79 Å². The smallest absolute Gasteiger partial charge is 0.253 e. The van der Waals surface area contributed by atoms with Crippen LogP contribution < -0.4 is 0 Å². The molecule has 0 aromatic heterocycles. The van der Waals surface area contributed by atoms with Gasteiger partial charge in [0.2, 0.25) is 0 Å². The van der Waals surface area contributed by atoms with Gasteiger partial charge in [-0.1, -0.05) is 126 Å². The van der Waals surface area contributed by atoms with Gasteiger partial charge in [0.05, 0.1) is 0 Å². The van der Waals surface area contributed by atoms with E-state index in [0.29, 0.717) is 0 Å². The third-order valence-electron chi connectivity index (χ3n) is 5.92. The highest BCUT2D eigenvalue weighted by Crippen LogP contribution is 2.16. The van der Waals surface area contributed by atoms with Gasteiger partial charge in [-0.05, 0) is 31.0 Å². The van der Waals surface area contributed by atoms with Crippen molar-refractivity contribution < 1.29 is 4.79 Å². The van der Waals surface area contributed by atoms with E-state index in [1.807, 2.05) is 24.3 Å². The van der Waals surface area contributed by atoms with Crippen molar-refractivity contribution in [3.8, 4) is 0 Å². The molecule has 0 saturated heterocycles. The van der Waals surface area contributed by atoms with Gasteiger partial charge >= 0.3 is 0 Å². The van der Waals surface area contributed by atoms with Gasteiger partial charge in [-0.25, -0.2) is 0 Å². The summed E-state index contributed by atoms with van der Waals surface area (Å²) in [4.78, 5) is 15.2. The molecule has 0 bridgehead atoms. The SMILES string of the molecule is CCCCCCCCCCN(CCCCCCCCCC)C(=O)c1cccc(Br)c1. The minimum Gasteiger partial charge on any atom is -0.339 e. The van der Waals surface area contributed by atoms with Crippen molar-refractivity contribution in [2.75, 3.05) is 13.1 Å². The summed E-state index contributed by atoms with van der Waals surface area (Å²) in [5.41, 5.74) is 0.809. The van der Waals surface area contributed by atoms with E-state index in [1.54, 1.807) is 0 Å². The first-order valence-electron chi connectivity index (χ1n) is 12.7. The van der Waals surface area contributed by atoms with E-state index >= 15 is 0 Å². The van der Waals surface area contributed by atoms with E-state index in [2.05, 4.69) is 34.7 Å². The summed E-state index contributed by atoms with van der Waals surface area (Å²) >= 11 is 3.51. The van der Waals surface area contributed by atoms with Crippen LogP contribution in [0.4, 0.5) is 0 Å². The van der Waals surface area contributed by atoms with E-state index in [1.165, 1.54) is 89.9 Å². The number of nitrogens with zero attached hydrogens (tertiary/aromatic N) is 1. The highest BCUT2D eigenvalue weighted by Gasteiger charge is 2.15. The molecule has 30 heavy (non-hydrogen) atoms. The Labute approximate surface area is 195 Å². The van der Waals surface area contributed by atoms with Crippen LogP contribution in [0.2, 0.25) is 0 Å². The second-order valence-electron chi connectivity index (χ2n) is 8.75. The van der Waals surface area contributed by atoms with Crippen LogP contribution in [-0.2, 0) is 0 Å². The second kappa shape index (κ2) is 18.9. The third kappa shape index (κ3) is 13.5. The maximum Gasteiger partial charge on any atom is 0.253 e. The number of amides is 1. The molecule has 0 saturated carbocycles. The highest BCUT2D eigenvalue weighted by atomic mass is 79.9. The van der Waals surface area contributed by atoms with Gasteiger partial charge < -0.3 is 4.90 Å². The molecule has 172 valence electrons. The molecule has 0 heterocycles. The van der Waals surface area contributed by atoms with Crippen LogP contribution in [0.3, 0.4) is 0 Å². The van der Waals surface area contributed by atoms with Crippen LogP contribution in [0.1, 0.15) is 127 Å². The average Bonchev–Trinajstić information content (AvgIpc) is 2.75. The maximum atomic E-state index is 13.1. The van der Waals surface area contributed by atoms with E-state index < -0.39 is 0 Å². The number of unbranched alkanes of at least 4 members (excludes halogenated alkanes) is 14. The fraction of sp³-hybridized carbons (Fsp3) is 0.741. The number of halogens is 1. The van der Waals surface area contributed by atoms with Crippen LogP contribution in [0.5, 0.6) is 0 Å². The van der Waals surface area contributed by atoms with Crippen LogP contribution >= 0.6 is 15.9 Å². The van der Waals surface area contributed by atoms with Crippen molar-refractivity contribution in [3.63, 3.8) is 0 Å². The maximum absolute atomic E-state index is 13.1. The Hall–Kier alpha value is -0.830. The topological polar surface area (TPSA) is 20.3 Å². The van der Waals surface area contributed by atoms with Gasteiger partial charge in [-0.3, -0.25) is 4.79 Å². The summed E-state index contributed by atoms with van der Waals surface area (Å²) in [5, 5.41) is 0. The van der Waals surface area contributed by atoms with E-state index in [-0.39, 0.29) is 5.91 Å². The largest absolute Gasteiger partial charge is 0.339 e. The molecule has 0 atom stereocenters. The van der Waals surface area contributed by atoms with Crippen molar-refractivity contribution >= 4 is 21.8 Å². The van der Waals surface area contributed by atoms with E-state index in [0.717, 1.165) is 36.0 Å². The van der Waals surface area contributed by atoms with E-state index in [4.69, 9.17) is 0 Å². The Balaban J connectivity index is 2.37. The Morgan fingerprint density at radius 3 is 1.57 bits per heavy atom. The minimum absolute atomic E-state index is 0.196. The molecule has 0 N–H and O–H groups in total. The molecule has 2 nitrogen and oxygen atoms in total. The highest BCUT2D eigenvalue weighted by molar-refractivity contribution is 9.10. The molecular weight excluding hydrogens is 434 g/mol. The quantitative estimate of drug-likeness (QED) is 0.181. The van der Waals surface area contributed by atoms with Crippen LogP contribution in [0, 0.1) is 0 Å². The fourth-order valence-electron chi connectivity index (χ4n) is 3.99. The zero-order chi connectivity index (χ0) is 21.9. The lowest BCUT2D eigenvalue weighted by atomic mass is 10.1. The molecule has 0 aliphatic rings. The third-order valence-corrected chi connectivity index (χ3v) is 6.42. The van der Waals surface area contributed by atoms with Crippen molar-refractivity contribution in [1.29, 1.82) is 0 Å². The first-order chi connectivity index (χ1) is 14.7. The summed E-state index contributed by atoms with van der Waals surface area (Å²) in [6.07, 6.45) is 20.9. The Morgan fingerprint density at radius 2 is 1.13 bits per heavy atom. The standard InChI is InChI=1S/C27H46BrNO/c1-3-5-7-9-11-13-15-17-22-29(23-18-16-14-12-10-8-6-4-2)27(30)25-20-19-21-26(28)24-25/h19-21,24H,3-18,22-23H2,1-2H3. The molecule has 0 unspecified atom stereocenters. The van der Waals surface area contributed by atoms with Crippen LogP contribution in [0.15, 0.2) is 28.7 Å². The van der Waals surface area contributed by atoms with Crippen molar-refractivity contribution in [2.24, 2.45) is 0 Å². The molecule has 3 heteroatoms. The molecule has 0 fully saturated rings. The summed E-state index contributed by atoms with van der Waals surface area (Å²) in [7, 11) is 0. The van der Waals surface area contributed by atoms with Crippen LogP contribution in [-0.4, -0.2) is 23.9 Å². The molecule has 1 aromatic carbocycles. The number of benzene rings is 1. The minimum atomic E-state index is 0.196. The predicted octanol–water partition coefficient (Wildman–Crippen LogP) is 9.17. The zero-order valence-electron chi connectivity index (χ0n) is 19.8. The molecule has 1 rings (SSSR count). The fourth-order valence-corrected chi connectivity index (χ4v) is 4.39. The zero-order valence-corrected chi connectivity index (χ0v) is 21.4. The number of carbonyl (C=O) groups excluding carboxylic acids is 1. The summed E-state index contributed by atoms with van der Waals surface area (Å²) < 4.78 is 0.979. The number of hydrogen-bond acceptors (Lipinski definition) is 1. The van der Waals surface area contributed by atoms with Crippen molar-refractivity contribution in [2.45, 2.75) is 117 Å². The molecule has 0 radical (unpaired) electrons. The predicted molar refractivity (Wildman–Crippen MR) is 135 cm³/mol. The summed E-state index contributed by atoms with van der Waals surface area (Å²) in [6, 6.07) is 7.85. The average molecular weight is 481 g/mol. The monoisotopic (exact) mass is 479 g/mol. The molecule has 0 aliphatic heterocycles. The summed E-state index contributed by atoms with van der Waals surface area (Å²) in [5.74, 6) is 0.196. The molecule has 1 amide bonds. The number of hydrogen-bond donors (Lipinski definition) is 0. The molecular formula is C27H46BrNO. The lowest BCUT2D eigenvalue weighted by Crippen LogP contribution is -2.33. The lowest BCUT2D eigenvalue weighted by molar-refractivity contribution is 0.0749. The van der Waals surface area contributed by atoms with Gasteiger partial charge in [0, 0.05) is 23.1 Å². The lowest BCUT2D eigenvalue weighted by Gasteiger charge is -2.23. The Morgan fingerprint density at radius 1 is 0.700 bits per heavy atom. The first kappa shape index (κ1) is 27.2. The van der Waals surface area contributed by atoms with Crippen LogP contribution in [0.25, 0.3) is 0 Å². The number of carbonyl (C=O) groups is 1. The first-order valence-corrected chi connectivity index (χ1v) is 13.5. The Bertz CT molecular complexity index is 525. The molecule has 0 aliphatic carbocycles. The van der Waals surface area contributed by atoms with Gasteiger partial charge in [0.15, 0.2) is 0 Å². The van der Waals surface area contributed by atoms with Gasteiger partial charge in [0.1, 0.15) is 0 Å². The Kier molecular flexibility index (Phi) is 17.1. The van der Waals surface area contributed by atoms with Gasteiger partial charge in [-0.2, -0.15) is 0 Å². The normalized spacial score (nSPS) is 11.0. The van der Waals surface area contributed by atoms with Crippen molar-refractivity contribution in [3.05, 3.63) is 34.3 Å². The van der Waals surface area contributed by atoms with Gasteiger partial charge in [0.25, 0.3) is 5.91 Å². The number of rotatable bonds is 19. The molecule has 0 spiro atoms. The summed E-state index contributed by atoms with van der Waals surface area (Å²) in [6.45, 7) is 6.33. The van der Waals surface area contributed by atoms with Gasteiger partial charge in [-0.15, -0.1) is 0 Å². The molecule has 1 aromatic rings. The van der Waals surface area contributed by atoms with Crippen molar-refractivity contribution in [1.82, 2.24) is 4.90 Å².